The van der Waals surface area contributed by atoms with E-state index < -0.39 is 17.9 Å². The zero-order valence-corrected chi connectivity index (χ0v) is 15.8. The predicted octanol–water partition coefficient (Wildman–Crippen LogP) is 3.48. The fourth-order valence-corrected chi connectivity index (χ4v) is 2.55. The summed E-state index contributed by atoms with van der Waals surface area (Å²) in [5.74, 6) is -0.372. The van der Waals surface area contributed by atoms with Crippen molar-refractivity contribution in [3.63, 3.8) is 0 Å². The molecule has 0 aliphatic heterocycles. The van der Waals surface area contributed by atoms with Crippen molar-refractivity contribution in [3.05, 3.63) is 52.5 Å². The summed E-state index contributed by atoms with van der Waals surface area (Å²) in [4.78, 5) is 24.3. The van der Waals surface area contributed by atoms with E-state index in [2.05, 4.69) is 10.6 Å². The number of rotatable bonds is 5. The monoisotopic (exact) mass is 376 g/mol. The Hall–Kier alpha value is -2.73. The lowest BCUT2D eigenvalue weighted by Gasteiger charge is -2.16. The molecule has 0 aliphatic rings. The van der Waals surface area contributed by atoms with Crippen molar-refractivity contribution in [2.75, 3.05) is 19.5 Å². The maximum atomic E-state index is 12.2. The van der Waals surface area contributed by atoms with Gasteiger partial charge in [-0.3, -0.25) is 9.59 Å². The van der Waals surface area contributed by atoms with E-state index in [-0.39, 0.29) is 0 Å². The number of anilines is 1. The van der Waals surface area contributed by atoms with Gasteiger partial charge in [0.05, 0.1) is 20.3 Å². The van der Waals surface area contributed by atoms with Crippen LogP contribution < -0.4 is 20.1 Å². The Morgan fingerprint density at radius 1 is 1.00 bits per heavy atom. The summed E-state index contributed by atoms with van der Waals surface area (Å²) in [6, 6.07) is 9.97. The number of benzene rings is 2. The Kier molecular flexibility index (Phi) is 6.46. The molecule has 2 amide bonds. The molecular formula is C19H21ClN2O4. The van der Waals surface area contributed by atoms with Crippen LogP contribution in [0.15, 0.2) is 36.4 Å². The molecule has 6 nitrogen and oxygen atoms in total. The summed E-state index contributed by atoms with van der Waals surface area (Å²) in [7, 11) is 3.08. The van der Waals surface area contributed by atoms with E-state index in [0.29, 0.717) is 22.2 Å². The van der Waals surface area contributed by atoms with E-state index in [1.54, 1.807) is 50.4 Å². The number of hydrogen-bond acceptors (Lipinski definition) is 4. The SMILES string of the molecule is COc1ccc(C(C)NC(=O)C(=O)Nc2cc(Cl)ccc2C)cc1OC. The summed E-state index contributed by atoms with van der Waals surface area (Å²) in [6.45, 7) is 3.59. The molecule has 2 aromatic carbocycles. The highest BCUT2D eigenvalue weighted by Gasteiger charge is 2.19. The van der Waals surface area contributed by atoms with Gasteiger partial charge in [-0.05, 0) is 49.2 Å². The molecule has 2 aromatic rings. The van der Waals surface area contributed by atoms with Crippen molar-refractivity contribution in [2.24, 2.45) is 0 Å². The Bertz CT molecular complexity index is 823. The number of halogens is 1. The Balaban J connectivity index is 2.06. The molecule has 138 valence electrons. The van der Waals surface area contributed by atoms with Gasteiger partial charge in [-0.1, -0.05) is 23.7 Å². The Morgan fingerprint density at radius 3 is 2.35 bits per heavy atom. The maximum Gasteiger partial charge on any atom is 0.313 e. The summed E-state index contributed by atoms with van der Waals surface area (Å²) in [6.07, 6.45) is 0. The van der Waals surface area contributed by atoms with Crippen LogP contribution in [0.2, 0.25) is 5.02 Å². The molecule has 1 atom stereocenters. The molecule has 1 unspecified atom stereocenters. The van der Waals surface area contributed by atoms with Gasteiger partial charge in [0, 0.05) is 10.7 Å². The summed E-state index contributed by atoms with van der Waals surface area (Å²) < 4.78 is 10.4. The van der Waals surface area contributed by atoms with Crippen LogP contribution in [-0.4, -0.2) is 26.0 Å². The molecule has 7 heteroatoms. The van der Waals surface area contributed by atoms with Crippen molar-refractivity contribution in [1.29, 1.82) is 0 Å². The van der Waals surface area contributed by atoms with Crippen LogP contribution >= 0.6 is 11.6 Å². The van der Waals surface area contributed by atoms with Crippen molar-refractivity contribution < 1.29 is 19.1 Å². The van der Waals surface area contributed by atoms with Gasteiger partial charge >= 0.3 is 11.8 Å². The molecule has 0 aliphatic carbocycles. The highest BCUT2D eigenvalue weighted by molar-refractivity contribution is 6.40. The third-order valence-electron chi connectivity index (χ3n) is 3.91. The van der Waals surface area contributed by atoms with Crippen LogP contribution in [0, 0.1) is 6.92 Å². The number of carbonyl (C=O) groups is 2. The van der Waals surface area contributed by atoms with Crippen LogP contribution in [0.5, 0.6) is 11.5 Å². The fraction of sp³-hybridized carbons (Fsp3) is 0.263. The van der Waals surface area contributed by atoms with E-state index in [9.17, 15) is 9.59 Å². The number of aryl methyl sites for hydroxylation is 1. The minimum atomic E-state index is -0.761. The first kappa shape index (κ1) is 19.6. The first-order valence-corrected chi connectivity index (χ1v) is 8.33. The van der Waals surface area contributed by atoms with E-state index in [1.807, 2.05) is 6.92 Å². The smallest absolute Gasteiger partial charge is 0.313 e. The van der Waals surface area contributed by atoms with Crippen molar-refractivity contribution >= 4 is 29.1 Å². The topological polar surface area (TPSA) is 76.7 Å². The first-order valence-electron chi connectivity index (χ1n) is 7.95. The molecular weight excluding hydrogens is 356 g/mol. The van der Waals surface area contributed by atoms with Crippen LogP contribution in [0.25, 0.3) is 0 Å². The normalized spacial score (nSPS) is 11.4. The minimum absolute atomic E-state index is 0.395. The van der Waals surface area contributed by atoms with Crippen LogP contribution in [0.1, 0.15) is 24.1 Å². The lowest BCUT2D eigenvalue weighted by molar-refractivity contribution is -0.136. The average Bonchev–Trinajstić information content (AvgIpc) is 2.63. The highest BCUT2D eigenvalue weighted by atomic mass is 35.5. The molecule has 2 N–H and O–H groups in total. The third kappa shape index (κ3) is 4.67. The van der Waals surface area contributed by atoms with Gasteiger partial charge in [0.1, 0.15) is 0 Å². The van der Waals surface area contributed by atoms with Gasteiger partial charge in [0.15, 0.2) is 11.5 Å². The first-order chi connectivity index (χ1) is 12.3. The van der Waals surface area contributed by atoms with Gasteiger partial charge in [-0.2, -0.15) is 0 Å². The van der Waals surface area contributed by atoms with Crippen LogP contribution in [0.3, 0.4) is 0 Å². The van der Waals surface area contributed by atoms with Gasteiger partial charge in [-0.15, -0.1) is 0 Å². The minimum Gasteiger partial charge on any atom is -0.493 e. The van der Waals surface area contributed by atoms with E-state index in [4.69, 9.17) is 21.1 Å². The number of methoxy groups -OCH3 is 2. The molecule has 0 saturated carbocycles. The standard InChI is InChI=1S/C19H21ClN2O4/c1-11-5-7-14(20)10-15(11)22-19(24)18(23)21-12(2)13-6-8-16(25-3)17(9-13)26-4/h5-10,12H,1-4H3,(H,21,23)(H,22,24). The van der Waals surface area contributed by atoms with Gasteiger partial charge in [-0.25, -0.2) is 0 Å². The van der Waals surface area contributed by atoms with Crippen molar-refractivity contribution in [3.8, 4) is 11.5 Å². The molecule has 0 aromatic heterocycles. The van der Waals surface area contributed by atoms with E-state index >= 15 is 0 Å². The molecule has 0 radical (unpaired) electrons. The van der Waals surface area contributed by atoms with Crippen LogP contribution in [-0.2, 0) is 9.59 Å². The maximum absolute atomic E-state index is 12.2. The number of nitrogens with one attached hydrogen (secondary N) is 2. The lowest BCUT2D eigenvalue weighted by atomic mass is 10.1. The highest BCUT2D eigenvalue weighted by Crippen LogP contribution is 2.29. The predicted molar refractivity (Wildman–Crippen MR) is 101 cm³/mol. The second-order valence-corrected chi connectivity index (χ2v) is 6.16. The Morgan fingerprint density at radius 2 is 1.69 bits per heavy atom. The molecule has 2 rings (SSSR count). The number of carbonyl (C=O) groups excluding carboxylic acids is 2. The number of ether oxygens (including phenoxy) is 2. The second-order valence-electron chi connectivity index (χ2n) is 5.72. The summed E-state index contributed by atoms with van der Waals surface area (Å²) in [5.41, 5.74) is 2.09. The molecule has 26 heavy (non-hydrogen) atoms. The third-order valence-corrected chi connectivity index (χ3v) is 4.14. The largest absolute Gasteiger partial charge is 0.493 e. The summed E-state index contributed by atoms with van der Waals surface area (Å²) >= 11 is 5.92. The van der Waals surface area contributed by atoms with E-state index in [0.717, 1.165) is 11.1 Å². The fourth-order valence-electron chi connectivity index (χ4n) is 2.38. The quantitative estimate of drug-likeness (QED) is 0.783. The molecule has 0 fully saturated rings. The second kappa shape index (κ2) is 8.58. The van der Waals surface area contributed by atoms with Crippen LogP contribution in [0.4, 0.5) is 5.69 Å². The van der Waals surface area contributed by atoms with E-state index in [1.165, 1.54) is 7.11 Å². The number of amides is 2. The Labute approximate surface area is 157 Å². The number of hydrogen-bond donors (Lipinski definition) is 2. The molecule has 0 heterocycles. The molecule has 0 saturated heterocycles. The average molecular weight is 377 g/mol. The van der Waals surface area contributed by atoms with Gasteiger partial charge in [0.2, 0.25) is 0 Å². The zero-order valence-electron chi connectivity index (χ0n) is 15.1. The van der Waals surface area contributed by atoms with Gasteiger partial charge < -0.3 is 20.1 Å². The van der Waals surface area contributed by atoms with Crippen molar-refractivity contribution in [1.82, 2.24) is 5.32 Å². The molecule has 0 spiro atoms. The zero-order chi connectivity index (χ0) is 19.3. The van der Waals surface area contributed by atoms with Gasteiger partial charge in [0.25, 0.3) is 0 Å². The molecule has 0 bridgehead atoms. The van der Waals surface area contributed by atoms with Crippen molar-refractivity contribution in [2.45, 2.75) is 19.9 Å². The lowest BCUT2D eigenvalue weighted by Crippen LogP contribution is -2.37. The summed E-state index contributed by atoms with van der Waals surface area (Å²) in [5, 5.41) is 5.70.